The van der Waals surface area contributed by atoms with Crippen molar-refractivity contribution in [3.63, 3.8) is 0 Å². The molecule has 2 fully saturated rings. The van der Waals surface area contributed by atoms with Crippen LogP contribution in [0.3, 0.4) is 0 Å². The summed E-state index contributed by atoms with van der Waals surface area (Å²) in [6.07, 6.45) is 6.77. The monoisotopic (exact) mass is 246 g/mol. The van der Waals surface area contributed by atoms with Gasteiger partial charge in [-0.05, 0) is 38.0 Å². The van der Waals surface area contributed by atoms with Crippen molar-refractivity contribution < 1.29 is 4.79 Å². The standard InChI is InChI=1S/C12H22N2O.ClH/c1-14(8-9-5-6-9)12(15)10-3-2-4-11(13)7-10;/h9-11H,2-8,13H2,1H3;1H. The Morgan fingerprint density at radius 1 is 1.31 bits per heavy atom. The van der Waals surface area contributed by atoms with E-state index in [1.165, 1.54) is 12.8 Å². The molecular weight excluding hydrogens is 224 g/mol. The second kappa shape index (κ2) is 5.87. The Hall–Kier alpha value is -0.280. The molecule has 3 nitrogen and oxygen atoms in total. The van der Waals surface area contributed by atoms with Crippen LogP contribution in [0.4, 0.5) is 0 Å². The Morgan fingerprint density at radius 3 is 2.56 bits per heavy atom. The van der Waals surface area contributed by atoms with E-state index in [0.717, 1.165) is 38.1 Å². The van der Waals surface area contributed by atoms with Crippen LogP contribution < -0.4 is 5.73 Å². The number of nitrogens with two attached hydrogens (primary N) is 1. The molecule has 2 aliphatic rings. The van der Waals surface area contributed by atoms with E-state index in [2.05, 4.69) is 0 Å². The third kappa shape index (κ3) is 3.63. The Bertz CT molecular complexity index is 243. The van der Waals surface area contributed by atoms with Gasteiger partial charge in [0.15, 0.2) is 0 Å². The molecule has 94 valence electrons. The van der Waals surface area contributed by atoms with Crippen LogP contribution in [0.5, 0.6) is 0 Å². The SMILES string of the molecule is CN(CC1CC1)C(=O)C1CCCC(N)C1.Cl. The van der Waals surface area contributed by atoms with Gasteiger partial charge in [0.2, 0.25) is 5.91 Å². The predicted octanol–water partition coefficient (Wildman–Crippen LogP) is 1.79. The van der Waals surface area contributed by atoms with Gasteiger partial charge in [-0.25, -0.2) is 0 Å². The van der Waals surface area contributed by atoms with E-state index in [9.17, 15) is 4.79 Å². The molecule has 0 aromatic carbocycles. The number of hydrogen-bond acceptors (Lipinski definition) is 2. The number of amides is 1. The summed E-state index contributed by atoms with van der Waals surface area (Å²) in [7, 11) is 1.95. The Kier molecular flexibility index (Phi) is 5.06. The minimum atomic E-state index is 0. The van der Waals surface area contributed by atoms with Crippen LogP contribution in [0, 0.1) is 11.8 Å². The summed E-state index contributed by atoms with van der Waals surface area (Å²) in [5.74, 6) is 1.32. The third-order valence-corrected chi connectivity index (χ3v) is 3.67. The number of halogens is 1. The average Bonchev–Trinajstić information content (AvgIpc) is 3.00. The smallest absolute Gasteiger partial charge is 0.225 e. The first-order valence-electron chi connectivity index (χ1n) is 6.17. The molecule has 16 heavy (non-hydrogen) atoms. The molecule has 0 bridgehead atoms. The number of carbonyl (C=O) groups is 1. The van der Waals surface area contributed by atoms with E-state index in [0.29, 0.717) is 5.91 Å². The maximum Gasteiger partial charge on any atom is 0.225 e. The Labute approximate surface area is 104 Å². The molecule has 0 radical (unpaired) electrons. The van der Waals surface area contributed by atoms with Gasteiger partial charge in [-0.3, -0.25) is 4.79 Å². The third-order valence-electron chi connectivity index (χ3n) is 3.67. The molecule has 4 heteroatoms. The molecule has 0 spiro atoms. The van der Waals surface area contributed by atoms with Gasteiger partial charge < -0.3 is 10.6 Å². The summed E-state index contributed by atoms with van der Waals surface area (Å²) < 4.78 is 0. The number of nitrogens with zero attached hydrogens (tertiary/aromatic N) is 1. The molecule has 2 atom stereocenters. The maximum atomic E-state index is 12.1. The highest BCUT2D eigenvalue weighted by Gasteiger charge is 2.30. The quantitative estimate of drug-likeness (QED) is 0.826. The summed E-state index contributed by atoms with van der Waals surface area (Å²) in [5.41, 5.74) is 5.91. The average molecular weight is 247 g/mol. The predicted molar refractivity (Wildman–Crippen MR) is 67.5 cm³/mol. The molecule has 0 aliphatic heterocycles. The fourth-order valence-corrected chi connectivity index (χ4v) is 2.54. The molecule has 0 heterocycles. The van der Waals surface area contributed by atoms with Crippen LogP contribution in [0.1, 0.15) is 38.5 Å². The van der Waals surface area contributed by atoms with Crippen LogP contribution in [-0.4, -0.2) is 30.4 Å². The van der Waals surface area contributed by atoms with Gasteiger partial charge in [-0.1, -0.05) is 6.42 Å². The van der Waals surface area contributed by atoms with E-state index in [1.54, 1.807) is 0 Å². The number of carbonyl (C=O) groups excluding carboxylic acids is 1. The molecule has 2 unspecified atom stereocenters. The van der Waals surface area contributed by atoms with Crippen molar-refractivity contribution in [2.75, 3.05) is 13.6 Å². The van der Waals surface area contributed by atoms with Crippen LogP contribution >= 0.6 is 12.4 Å². The summed E-state index contributed by atoms with van der Waals surface area (Å²) in [5, 5.41) is 0. The van der Waals surface area contributed by atoms with Crippen LogP contribution in [-0.2, 0) is 4.79 Å². The zero-order chi connectivity index (χ0) is 10.8. The van der Waals surface area contributed by atoms with Crippen molar-refractivity contribution >= 4 is 18.3 Å². The van der Waals surface area contributed by atoms with Gasteiger partial charge in [0.05, 0.1) is 0 Å². The highest BCUT2D eigenvalue weighted by molar-refractivity contribution is 5.85. The van der Waals surface area contributed by atoms with E-state index in [4.69, 9.17) is 5.73 Å². The van der Waals surface area contributed by atoms with Crippen LogP contribution in [0.25, 0.3) is 0 Å². The lowest BCUT2D eigenvalue weighted by atomic mass is 9.85. The van der Waals surface area contributed by atoms with Crippen molar-refractivity contribution in [2.45, 2.75) is 44.6 Å². The zero-order valence-electron chi connectivity index (χ0n) is 10.0. The van der Waals surface area contributed by atoms with Crippen molar-refractivity contribution in [2.24, 2.45) is 17.6 Å². The lowest BCUT2D eigenvalue weighted by Gasteiger charge is -2.29. The Balaban J connectivity index is 0.00000128. The van der Waals surface area contributed by atoms with E-state index in [-0.39, 0.29) is 24.4 Å². The minimum Gasteiger partial charge on any atom is -0.345 e. The van der Waals surface area contributed by atoms with Crippen LogP contribution in [0.15, 0.2) is 0 Å². The molecule has 2 rings (SSSR count). The van der Waals surface area contributed by atoms with Crippen LogP contribution in [0.2, 0.25) is 0 Å². The second-order valence-electron chi connectivity index (χ2n) is 5.29. The van der Waals surface area contributed by atoms with Gasteiger partial charge in [0.25, 0.3) is 0 Å². The topological polar surface area (TPSA) is 46.3 Å². The number of hydrogen-bond donors (Lipinski definition) is 1. The van der Waals surface area contributed by atoms with Gasteiger partial charge in [0.1, 0.15) is 0 Å². The fraction of sp³-hybridized carbons (Fsp3) is 0.917. The van der Waals surface area contributed by atoms with Gasteiger partial charge in [-0.2, -0.15) is 0 Å². The lowest BCUT2D eigenvalue weighted by Crippen LogP contribution is -2.39. The highest BCUT2D eigenvalue weighted by atomic mass is 35.5. The van der Waals surface area contributed by atoms with Gasteiger partial charge in [0, 0.05) is 25.6 Å². The lowest BCUT2D eigenvalue weighted by molar-refractivity contribution is -0.135. The molecule has 2 saturated carbocycles. The second-order valence-corrected chi connectivity index (χ2v) is 5.29. The molecule has 2 N–H and O–H groups in total. The largest absolute Gasteiger partial charge is 0.345 e. The van der Waals surface area contributed by atoms with Crippen molar-refractivity contribution in [3.8, 4) is 0 Å². The van der Waals surface area contributed by atoms with Crippen molar-refractivity contribution in [1.82, 2.24) is 4.90 Å². The summed E-state index contributed by atoms with van der Waals surface area (Å²) in [6, 6.07) is 0.252. The van der Waals surface area contributed by atoms with Crippen molar-refractivity contribution in [3.05, 3.63) is 0 Å². The van der Waals surface area contributed by atoms with E-state index < -0.39 is 0 Å². The molecule has 0 saturated heterocycles. The Morgan fingerprint density at radius 2 is 2.00 bits per heavy atom. The molecule has 0 aromatic rings. The minimum absolute atomic E-state index is 0. The molecule has 1 amide bonds. The first-order valence-corrected chi connectivity index (χ1v) is 6.17. The summed E-state index contributed by atoms with van der Waals surface area (Å²) in [4.78, 5) is 14.0. The van der Waals surface area contributed by atoms with Gasteiger partial charge >= 0.3 is 0 Å². The molecule has 0 aromatic heterocycles. The zero-order valence-corrected chi connectivity index (χ0v) is 10.8. The molecule has 2 aliphatic carbocycles. The normalized spacial score (nSPS) is 29.4. The van der Waals surface area contributed by atoms with E-state index >= 15 is 0 Å². The first kappa shape index (κ1) is 13.8. The maximum absolute atomic E-state index is 12.1. The number of rotatable bonds is 3. The van der Waals surface area contributed by atoms with Crippen molar-refractivity contribution in [1.29, 1.82) is 0 Å². The summed E-state index contributed by atoms with van der Waals surface area (Å²) in [6.45, 7) is 0.963. The summed E-state index contributed by atoms with van der Waals surface area (Å²) >= 11 is 0. The molecular formula is C12H23ClN2O. The highest BCUT2D eigenvalue weighted by Crippen LogP contribution is 2.31. The fourth-order valence-electron chi connectivity index (χ4n) is 2.54. The van der Waals surface area contributed by atoms with E-state index in [1.807, 2.05) is 11.9 Å². The van der Waals surface area contributed by atoms with Gasteiger partial charge in [-0.15, -0.1) is 12.4 Å². The first-order chi connectivity index (χ1) is 7.16.